The molecule has 102 valence electrons. The van der Waals surface area contributed by atoms with E-state index in [4.69, 9.17) is 6.42 Å². The molecule has 0 spiro atoms. The maximum absolute atomic E-state index is 11.4. The molecule has 0 radical (unpaired) electrons. The van der Waals surface area contributed by atoms with Crippen LogP contribution < -0.4 is 5.32 Å². The van der Waals surface area contributed by atoms with Gasteiger partial charge in [0, 0.05) is 12.3 Å². The first kappa shape index (κ1) is 15.0. The van der Waals surface area contributed by atoms with E-state index in [2.05, 4.69) is 11.2 Å². The van der Waals surface area contributed by atoms with E-state index < -0.39 is 20.3 Å². The number of nitro benzene ring substituents is 1. The predicted octanol–water partition coefficient (Wildman–Crippen LogP) is 1.82. The first-order valence-electron chi connectivity index (χ1n) is 5.31. The van der Waals surface area contributed by atoms with E-state index in [9.17, 15) is 18.5 Å². The second kappa shape index (κ2) is 4.90. The van der Waals surface area contributed by atoms with Crippen LogP contribution in [0.3, 0.4) is 0 Å². The molecule has 0 fully saturated rings. The number of rotatable bonds is 4. The molecule has 0 heterocycles. The van der Waals surface area contributed by atoms with Crippen LogP contribution in [0, 0.1) is 22.5 Å². The van der Waals surface area contributed by atoms with Gasteiger partial charge in [-0.25, -0.2) is 8.42 Å². The maximum Gasteiger partial charge on any atom is 0.293 e. The molecule has 1 N–H and O–H groups in total. The van der Waals surface area contributed by atoms with Crippen molar-refractivity contribution in [3.05, 3.63) is 28.3 Å². The Bertz CT molecular complexity index is 657. The van der Waals surface area contributed by atoms with Crippen LogP contribution in [-0.4, -0.2) is 25.1 Å². The molecule has 1 rings (SSSR count). The minimum absolute atomic E-state index is 0.108. The molecular formula is C12H14N2O4S. The van der Waals surface area contributed by atoms with E-state index in [1.165, 1.54) is 12.1 Å². The summed E-state index contributed by atoms with van der Waals surface area (Å²) in [5, 5.41) is 13.8. The van der Waals surface area contributed by atoms with E-state index >= 15 is 0 Å². The molecule has 1 aromatic rings. The number of anilines is 1. The van der Waals surface area contributed by atoms with Gasteiger partial charge in [0.2, 0.25) is 0 Å². The second-order valence-corrected chi connectivity index (χ2v) is 6.62. The smallest absolute Gasteiger partial charge is 0.293 e. The highest BCUT2D eigenvalue weighted by Crippen LogP contribution is 2.29. The van der Waals surface area contributed by atoms with Crippen molar-refractivity contribution in [3.63, 3.8) is 0 Å². The van der Waals surface area contributed by atoms with E-state index in [1.807, 2.05) is 0 Å². The molecule has 19 heavy (non-hydrogen) atoms. The predicted molar refractivity (Wildman–Crippen MR) is 72.7 cm³/mol. The Morgan fingerprint density at radius 2 is 2.00 bits per heavy atom. The largest absolute Gasteiger partial charge is 0.364 e. The van der Waals surface area contributed by atoms with Crippen LogP contribution in [0.15, 0.2) is 23.1 Å². The van der Waals surface area contributed by atoms with E-state index in [0.29, 0.717) is 0 Å². The van der Waals surface area contributed by atoms with Gasteiger partial charge < -0.3 is 5.32 Å². The van der Waals surface area contributed by atoms with Crippen molar-refractivity contribution < 1.29 is 13.3 Å². The number of terminal acetylenes is 1. The summed E-state index contributed by atoms with van der Waals surface area (Å²) >= 11 is 0. The third kappa shape index (κ3) is 3.69. The molecule has 0 atom stereocenters. The quantitative estimate of drug-likeness (QED) is 0.517. The monoisotopic (exact) mass is 282 g/mol. The lowest BCUT2D eigenvalue weighted by Crippen LogP contribution is -2.28. The maximum atomic E-state index is 11.4. The lowest BCUT2D eigenvalue weighted by molar-refractivity contribution is -0.384. The van der Waals surface area contributed by atoms with E-state index in [-0.39, 0.29) is 16.3 Å². The third-order valence-corrected chi connectivity index (χ3v) is 3.51. The fraction of sp³-hybridized carbons (Fsp3) is 0.333. The standard InChI is InChI=1S/C12H14N2O4S/c1-5-12(2,3)13-10-7-6-9(19(4,17)18)8-11(10)14(15)16/h1,6-8,13H,2-4H3. The zero-order valence-electron chi connectivity index (χ0n) is 10.8. The molecule has 0 aromatic heterocycles. The summed E-state index contributed by atoms with van der Waals surface area (Å²) in [6.45, 7) is 3.36. The first-order valence-corrected chi connectivity index (χ1v) is 7.20. The van der Waals surface area contributed by atoms with Crippen LogP contribution in [-0.2, 0) is 9.84 Å². The normalized spacial score (nSPS) is 11.7. The Morgan fingerprint density at radius 1 is 1.42 bits per heavy atom. The molecule has 0 saturated carbocycles. The molecule has 0 aliphatic heterocycles. The van der Waals surface area contributed by atoms with Crippen LogP contribution in [0.4, 0.5) is 11.4 Å². The fourth-order valence-electron chi connectivity index (χ4n) is 1.37. The second-order valence-electron chi connectivity index (χ2n) is 4.60. The summed E-state index contributed by atoms with van der Waals surface area (Å²) in [4.78, 5) is 10.2. The number of benzene rings is 1. The third-order valence-electron chi connectivity index (χ3n) is 2.40. The Labute approximate surface area is 111 Å². The number of sulfone groups is 1. The van der Waals surface area contributed by atoms with Crippen LogP contribution in [0.25, 0.3) is 0 Å². The first-order chi connectivity index (χ1) is 8.57. The number of nitrogens with one attached hydrogen (secondary N) is 1. The van der Waals surface area contributed by atoms with Gasteiger partial charge in [-0.3, -0.25) is 10.1 Å². The van der Waals surface area contributed by atoms with Crippen molar-refractivity contribution in [2.45, 2.75) is 24.3 Å². The summed E-state index contributed by atoms with van der Waals surface area (Å²) in [5.41, 5.74) is -0.927. The van der Waals surface area contributed by atoms with Gasteiger partial charge in [-0.05, 0) is 26.0 Å². The van der Waals surface area contributed by atoms with E-state index in [0.717, 1.165) is 12.3 Å². The minimum Gasteiger partial charge on any atom is -0.364 e. The summed E-state index contributed by atoms with van der Waals surface area (Å²) < 4.78 is 22.8. The number of nitro groups is 1. The van der Waals surface area contributed by atoms with Crippen LogP contribution in [0.5, 0.6) is 0 Å². The molecule has 7 heteroatoms. The topological polar surface area (TPSA) is 89.3 Å². The SMILES string of the molecule is C#CC(C)(C)Nc1ccc(S(C)(=O)=O)cc1[N+](=O)[O-]. The van der Waals surface area contributed by atoms with Gasteiger partial charge in [-0.15, -0.1) is 6.42 Å². The van der Waals surface area contributed by atoms with Gasteiger partial charge in [0.25, 0.3) is 5.69 Å². The van der Waals surface area contributed by atoms with Crippen molar-refractivity contribution in [3.8, 4) is 12.3 Å². The van der Waals surface area contributed by atoms with Crippen molar-refractivity contribution in [2.75, 3.05) is 11.6 Å². The molecule has 6 nitrogen and oxygen atoms in total. The zero-order valence-corrected chi connectivity index (χ0v) is 11.6. The van der Waals surface area contributed by atoms with Gasteiger partial charge in [0.1, 0.15) is 5.69 Å². The van der Waals surface area contributed by atoms with Crippen LogP contribution >= 0.6 is 0 Å². The summed E-state index contributed by atoms with van der Waals surface area (Å²) in [5.74, 6) is 2.45. The van der Waals surface area contributed by atoms with Gasteiger partial charge in [0.15, 0.2) is 9.84 Å². The Hall–Kier alpha value is -2.07. The molecule has 0 unspecified atom stereocenters. The Kier molecular flexibility index (Phi) is 3.86. The van der Waals surface area contributed by atoms with Gasteiger partial charge in [-0.1, -0.05) is 5.92 Å². The summed E-state index contributed by atoms with van der Waals surface area (Å²) in [6.07, 6.45) is 6.29. The highest BCUT2D eigenvalue weighted by molar-refractivity contribution is 7.90. The molecular weight excluding hydrogens is 268 g/mol. The molecule has 0 amide bonds. The summed E-state index contributed by atoms with van der Waals surface area (Å²) in [6, 6.07) is 3.66. The number of hydrogen-bond acceptors (Lipinski definition) is 5. The lowest BCUT2D eigenvalue weighted by Gasteiger charge is -2.21. The molecule has 1 aromatic carbocycles. The van der Waals surface area contributed by atoms with Crippen molar-refractivity contribution >= 4 is 21.2 Å². The highest BCUT2D eigenvalue weighted by atomic mass is 32.2. The lowest BCUT2D eigenvalue weighted by atomic mass is 10.1. The van der Waals surface area contributed by atoms with Crippen molar-refractivity contribution in [2.24, 2.45) is 0 Å². The minimum atomic E-state index is -3.50. The van der Waals surface area contributed by atoms with Crippen LogP contribution in [0.1, 0.15) is 13.8 Å². The summed E-state index contributed by atoms with van der Waals surface area (Å²) in [7, 11) is -3.50. The average Bonchev–Trinajstić information content (AvgIpc) is 2.27. The van der Waals surface area contributed by atoms with E-state index in [1.54, 1.807) is 13.8 Å². The highest BCUT2D eigenvalue weighted by Gasteiger charge is 2.22. The fourth-order valence-corrected chi connectivity index (χ4v) is 2.01. The van der Waals surface area contributed by atoms with Crippen LogP contribution in [0.2, 0.25) is 0 Å². The average molecular weight is 282 g/mol. The Morgan fingerprint density at radius 3 is 2.42 bits per heavy atom. The van der Waals surface area contributed by atoms with Crippen molar-refractivity contribution in [1.29, 1.82) is 0 Å². The molecule has 0 bridgehead atoms. The Balaban J connectivity index is 3.37. The number of hydrogen-bond donors (Lipinski definition) is 1. The zero-order chi connectivity index (χ0) is 14.8. The van der Waals surface area contributed by atoms with Crippen molar-refractivity contribution in [1.82, 2.24) is 0 Å². The molecule has 0 aliphatic rings. The number of nitrogens with zero attached hydrogens (tertiary/aromatic N) is 1. The van der Waals surface area contributed by atoms with Gasteiger partial charge >= 0.3 is 0 Å². The van der Waals surface area contributed by atoms with Gasteiger partial charge in [0.05, 0.1) is 15.4 Å². The molecule has 0 aliphatic carbocycles. The van der Waals surface area contributed by atoms with Gasteiger partial charge in [-0.2, -0.15) is 0 Å². The molecule has 0 saturated heterocycles.